The number of hydrogen-bond acceptors (Lipinski definition) is 3. The molecule has 1 atom stereocenters. The van der Waals surface area contributed by atoms with E-state index in [9.17, 15) is 0 Å². The van der Waals surface area contributed by atoms with Crippen molar-refractivity contribution >= 4 is 5.96 Å². The highest BCUT2D eigenvalue weighted by Gasteiger charge is 2.24. The molecule has 25 heavy (non-hydrogen) atoms. The molecule has 0 amide bonds. The number of rotatable bonds is 6. The van der Waals surface area contributed by atoms with Gasteiger partial charge in [0.15, 0.2) is 5.96 Å². The van der Waals surface area contributed by atoms with E-state index >= 15 is 0 Å². The minimum absolute atomic E-state index is 0.542. The molecular formula is C19H27N5O. The number of aromatic nitrogens is 2. The molecule has 0 radical (unpaired) electrons. The molecule has 134 valence electrons. The van der Waals surface area contributed by atoms with Crippen molar-refractivity contribution in [3.8, 4) is 11.3 Å². The lowest BCUT2D eigenvalue weighted by molar-refractivity contribution is 0.157. The Labute approximate surface area is 149 Å². The Balaban J connectivity index is 1.65. The van der Waals surface area contributed by atoms with Crippen LogP contribution in [-0.4, -0.2) is 54.2 Å². The van der Waals surface area contributed by atoms with Gasteiger partial charge in [0.2, 0.25) is 0 Å². The van der Waals surface area contributed by atoms with E-state index in [1.165, 1.54) is 0 Å². The van der Waals surface area contributed by atoms with Crippen LogP contribution >= 0.6 is 0 Å². The second-order valence-corrected chi connectivity index (χ2v) is 6.34. The summed E-state index contributed by atoms with van der Waals surface area (Å²) in [6.07, 6.45) is 3.02. The van der Waals surface area contributed by atoms with Crippen LogP contribution in [0.15, 0.2) is 41.5 Å². The van der Waals surface area contributed by atoms with E-state index in [-0.39, 0.29) is 0 Å². The van der Waals surface area contributed by atoms with E-state index in [0.29, 0.717) is 12.5 Å². The van der Waals surface area contributed by atoms with Crippen LogP contribution in [0.1, 0.15) is 19.2 Å². The van der Waals surface area contributed by atoms with Gasteiger partial charge in [-0.1, -0.05) is 30.3 Å². The molecule has 0 bridgehead atoms. The average Bonchev–Trinajstić information content (AvgIpc) is 3.29. The Bertz CT molecular complexity index is 682. The van der Waals surface area contributed by atoms with Crippen LogP contribution in [-0.2, 0) is 11.3 Å². The van der Waals surface area contributed by atoms with Crippen LogP contribution in [0.5, 0.6) is 0 Å². The molecule has 6 heteroatoms. The van der Waals surface area contributed by atoms with Gasteiger partial charge >= 0.3 is 0 Å². The summed E-state index contributed by atoms with van der Waals surface area (Å²) in [7, 11) is 1.77. The Kier molecular flexibility index (Phi) is 6.06. The molecule has 0 spiro atoms. The second-order valence-electron chi connectivity index (χ2n) is 6.34. The molecule has 1 aliphatic heterocycles. The van der Waals surface area contributed by atoms with Crippen molar-refractivity contribution in [2.75, 3.05) is 33.4 Å². The number of ether oxygens (including phenoxy) is 1. The van der Waals surface area contributed by atoms with Gasteiger partial charge in [-0.3, -0.25) is 0 Å². The number of aromatic amines is 1. The van der Waals surface area contributed by atoms with E-state index < -0.39 is 0 Å². The van der Waals surface area contributed by atoms with Crippen molar-refractivity contribution in [3.63, 3.8) is 0 Å². The molecule has 1 aromatic heterocycles. The first kappa shape index (κ1) is 17.5. The van der Waals surface area contributed by atoms with Crippen molar-refractivity contribution in [3.05, 3.63) is 42.4 Å². The number of aliphatic imine (C=N–C) groups is 1. The van der Waals surface area contributed by atoms with Gasteiger partial charge in [0.1, 0.15) is 12.4 Å². The number of benzene rings is 1. The van der Waals surface area contributed by atoms with Gasteiger partial charge in [-0.05, 0) is 18.9 Å². The highest BCUT2D eigenvalue weighted by Crippen LogP contribution is 2.18. The summed E-state index contributed by atoms with van der Waals surface area (Å²) in [6, 6.07) is 10.2. The van der Waals surface area contributed by atoms with Crippen molar-refractivity contribution in [2.24, 2.45) is 10.9 Å². The third kappa shape index (κ3) is 4.60. The van der Waals surface area contributed by atoms with Crippen LogP contribution in [0, 0.1) is 5.92 Å². The summed E-state index contributed by atoms with van der Waals surface area (Å²) >= 11 is 0. The predicted molar refractivity (Wildman–Crippen MR) is 100 cm³/mol. The molecule has 2 N–H and O–H groups in total. The molecule has 3 rings (SSSR count). The second kappa shape index (κ2) is 8.67. The Hall–Kier alpha value is -2.34. The normalized spacial score (nSPS) is 17.9. The van der Waals surface area contributed by atoms with E-state index in [1.54, 1.807) is 7.11 Å². The molecular weight excluding hydrogens is 314 g/mol. The standard InChI is InChI=1S/C19H27N5O/c1-3-20-19(24-10-9-15(13-24)14-25-2)22-12-18-21-11-17(23-18)16-7-5-4-6-8-16/h4-8,11,15H,3,9-10,12-14H2,1-2H3,(H,20,22)(H,21,23). The third-order valence-electron chi connectivity index (χ3n) is 4.41. The van der Waals surface area contributed by atoms with Gasteiger partial charge in [0.25, 0.3) is 0 Å². The number of hydrogen-bond donors (Lipinski definition) is 2. The lowest BCUT2D eigenvalue weighted by Gasteiger charge is -2.21. The lowest BCUT2D eigenvalue weighted by atomic mass is 10.1. The zero-order valence-corrected chi connectivity index (χ0v) is 15.0. The maximum absolute atomic E-state index is 5.29. The fourth-order valence-corrected chi connectivity index (χ4v) is 3.18. The van der Waals surface area contributed by atoms with Gasteiger partial charge in [0.05, 0.1) is 18.5 Å². The molecule has 6 nitrogen and oxygen atoms in total. The Morgan fingerprint density at radius 1 is 1.40 bits per heavy atom. The van der Waals surface area contributed by atoms with E-state index in [1.807, 2.05) is 24.4 Å². The summed E-state index contributed by atoms with van der Waals surface area (Å²) in [5.74, 6) is 2.42. The zero-order chi connectivity index (χ0) is 17.5. The third-order valence-corrected chi connectivity index (χ3v) is 4.41. The summed E-state index contributed by atoms with van der Waals surface area (Å²) in [5.41, 5.74) is 2.16. The first-order valence-electron chi connectivity index (χ1n) is 8.91. The molecule has 1 fully saturated rings. The van der Waals surface area contributed by atoms with Crippen LogP contribution < -0.4 is 5.32 Å². The summed E-state index contributed by atoms with van der Waals surface area (Å²) in [6.45, 7) is 6.33. The fraction of sp³-hybridized carbons (Fsp3) is 0.474. The zero-order valence-electron chi connectivity index (χ0n) is 15.0. The van der Waals surface area contributed by atoms with Gasteiger partial charge in [0, 0.05) is 32.7 Å². The monoisotopic (exact) mass is 341 g/mol. The highest BCUT2D eigenvalue weighted by molar-refractivity contribution is 5.80. The number of likely N-dealkylation sites (tertiary alicyclic amines) is 1. The SMILES string of the molecule is CCNC(=NCc1ncc(-c2ccccc2)[nH]1)N1CCC(COC)C1. The van der Waals surface area contributed by atoms with E-state index in [2.05, 4.69) is 39.2 Å². The van der Waals surface area contributed by atoms with Crippen molar-refractivity contribution in [1.82, 2.24) is 20.2 Å². The van der Waals surface area contributed by atoms with E-state index in [4.69, 9.17) is 9.73 Å². The number of guanidine groups is 1. The molecule has 1 aliphatic rings. The Morgan fingerprint density at radius 3 is 3.00 bits per heavy atom. The van der Waals surface area contributed by atoms with E-state index in [0.717, 1.165) is 55.7 Å². The molecule has 0 saturated carbocycles. The van der Waals surface area contributed by atoms with Crippen LogP contribution in [0.4, 0.5) is 0 Å². The number of H-pyrrole nitrogens is 1. The lowest BCUT2D eigenvalue weighted by Crippen LogP contribution is -2.40. The topological polar surface area (TPSA) is 65.5 Å². The Morgan fingerprint density at radius 2 is 2.24 bits per heavy atom. The largest absolute Gasteiger partial charge is 0.384 e. The summed E-state index contributed by atoms with van der Waals surface area (Å²) < 4.78 is 5.29. The predicted octanol–water partition coefficient (Wildman–Crippen LogP) is 2.51. The minimum atomic E-state index is 0.542. The van der Waals surface area contributed by atoms with Crippen LogP contribution in [0.25, 0.3) is 11.3 Å². The van der Waals surface area contributed by atoms with Gasteiger partial charge in [-0.25, -0.2) is 9.98 Å². The van der Waals surface area contributed by atoms with Crippen molar-refractivity contribution in [1.29, 1.82) is 0 Å². The van der Waals surface area contributed by atoms with Gasteiger partial charge in [-0.2, -0.15) is 0 Å². The fourth-order valence-electron chi connectivity index (χ4n) is 3.18. The molecule has 0 aliphatic carbocycles. The number of nitrogens with one attached hydrogen (secondary N) is 2. The first-order valence-corrected chi connectivity index (χ1v) is 8.91. The van der Waals surface area contributed by atoms with Crippen molar-refractivity contribution in [2.45, 2.75) is 19.9 Å². The average molecular weight is 341 g/mol. The minimum Gasteiger partial charge on any atom is -0.384 e. The number of nitrogens with zero attached hydrogens (tertiary/aromatic N) is 3. The number of methoxy groups -OCH3 is 1. The highest BCUT2D eigenvalue weighted by atomic mass is 16.5. The molecule has 2 heterocycles. The van der Waals surface area contributed by atoms with Gasteiger partial charge < -0.3 is 19.9 Å². The summed E-state index contributed by atoms with van der Waals surface area (Å²) in [5, 5.41) is 3.39. The summed E-state index contributed by atoms with van der Waals surface area (Å²) in [4.78, 5) is 14.9. The van der Waals surface area contributed by atoms with Gasteiger partial charge in [-0.15, -0.1) is 0 Å². The number of imidazole rings is 1. The maximum Gasteiger partial charge on any atom is 0.194 e. The molecule has 1 aromatic carbocycles. The maximum atomic E-state index is 5.29. The quantitative estimate of drug-likeness (QED) is 0.626. The molecule has 2 aromatic rings. The van der Waals surface area contributed by atoms with Crippen molar-refractivity contribution < 1.29 is 4.74 Å². The molecule has 1 unspecified atom stereocenters. The van der Waals surface area contributed by atoms with Crippen LogP contribution in [0.2, 0.25) is 0 Å². The molecule has 1 saturated heterocycles. The van der Waals surface area contributed by atoms with Crippen LogP contribution in [0.3, 0.4) is 0 Å². The smallest absolute Gasteiger partial charge is 0.194 e. The first-order chi connectivity index (χ1) is 12.3.